The van der Waals surface area contributed by atoms with Crippen molar-refractivity contribution >= 4 is 0 Å². The highest BCUT2D eigenvalue weighted by Gasteiger charge is 2.35. The van der Waals surface area contributed by atoms with Crippen molar-refractivity contribution in [1.82, 2.24) is 5.32 Å². The highest BCUT2D eigenvalue weighted by atomic mass is 19.4. The molecule has 0 heterocycles. The van der Waals surface area contributed by atoms with Gasteiger partial charge in [-0.1, -0.05) is 6.07 Å². The molecule has 4 N–H and O–H groups in total. The van der Waals surface area contributed by atoms with Crippen LogP contribution in [0.4, 0.5) is 17.6 Å². The van der Waals surface area contributed by atoms with E-state index in [1.807, 2.05) is 0 Å². The van der Waals surface area contributed by atoms with Gasteiger partial charge in [-0.15, -0.1) is 0 Å². The monoisotopic (exact) mass is 294 g/mol. The molecule has 0 aliphatic carbocycles. The minimum Gasteiger partial charge on any atom is -0.396 e. The van der Waals surface area contributed by atoms with E-state index in [2.05, 4.69) is 5.32 Å². The van der Waals surface area contributed by atoms with Crippen molar-refractivity contribution in [3.05, 3.63) is 35.1 Å². The predicted octanol–water partition coefficient (Wildman–Crippen LogP) is 2.20. The minimum atomic E-state index is -4.65. The second-order valence-electron chi connectivity index (χ2n) is 4.60. The summed E-state index contributed by atoms with van der Waals surface area (Å²) in [6.07, 6.45) is -4.26. The zero-order valence-electron chi connectivity index (χ0n) is 11.0. The topological polar surface area (TPSA) is 58.3 Å². The Balaban J connectivity index is 3.09. The van der Waals surface area contributed by atoms with Gasteiger partial charge in [-0.25, -0.2) is 4.39 Å². The van der Waals surface area contributed by atoms with Crippen molar-refractivity contribution in [2.24, 2.45) is 5.73 Å². The predicted molar refractivity (Wildman–Crippen MR) is 67.5 cm³/mol. The number of aliphatic hydroxyl groups is 1. The number of benzene rings is 1. The van der Waals surface area contributed by atoms with Crippen molar-refractivity contribution in [2.45, 2.75) is 31.6 Å². The maximum Gasteiger partial charge on any atom is 0.416 e. The number of rotatable bonds is 6. The van der Waals surface area contributed by atoms with E-state index in [-0.39, 0.29) is 24.8 Å². The van der Waals surface area contributed by atoms with Crippen LogP contribution in [-0.2, 0) is 6.18 Å². The third-order valence-corrected chi connectivity index (χ3v) is 2.98. The Bertz CT molecular complexity index is 437. The van der Waals surface area contributed by atoms with E-state index in [0.717, 1.165) is 12.1 Å². The lowest BCUT2D eigenvalue weighted by Crippen LogP contribution is -2.36. The second-order valence-corrected chi connectivity index (χ2v) is 4.60. The molecule has 7 heteroatoms. The van der Waals surface area contributed by atoms with Gasteiger partial charge in [0.25, 0.3) is 0 Å². The molecule has 0 fully saturated rings. The van der Waals surface area contributed by atoms with Gasteiger partial charge in [0.1, 0.15) is 5.82 Å². The van der Waals surface area contributed by atoms with E-state index in [1.165, 1.54) is 0 Å². The Kier molecular flexibility index (Phi) is 5.91. The molecule has 114 valence electrons. The van der Waals surface area contributed by atoms with Crippen LogP contribution in [0.2, 0.25) is 0 Å². The molecule has 0 aliphatic heterocycles. The molecule has 0 saturated heterocycles. The summed E-state index contributed by atoms with van der Waals surface area (Å²) in [6, 6.07) is 1.57. The van der Waals surface area contributed by atoms with Gasteiger partial charge in [0, 0.05) is 25.2 Å². The number of aliphatic hydroxyl groups excluding tert-OH is 1. The molecular weight excluding hydrogens is 276 g/mol. The van der Waals surface area contributed by atoms with E-state index in [1.54, 1.807) is 6.92 Å². The number of alkyl halides is 3. The van der Waals surface area contributed by atoms with Gasteiger partial charge >= 0.3 is 6.18 Å². The molecule has 1 aromatic rings. The summed E-state index contributed by atoms with van der Waals surface area (Å²) in [5, 5.41) is 11.7. The average molecular weight is 294 g/mol. The van der Waals surface area contributed by atoms with Gasteiger partial charge in [-0.2, -0.15) is 13.2 Å². The smallest absolute Gasteiger partial charge is 0.396 e. The number of hydrogen-bond donors (Lipinski definition) is 3. The molecule has 1 rings (SSSR count). The number of nitrogens with one attached hydrogen (secondary N) is 1. The highest BCUT2D eigenvalue weighted by Crippen LogP contribution is 2.35. The van der Waals surface area contributed by atoms with E-state index in [4.69, 9.17) is 10.8 Å². The van der Waals surface area contributed by atoms with Gasteiger partial charge in [-0.05, 0) is 31.0 Å². The van der Waals surface area contributed by atoms with E-state index in [0.29, 0.717) is 12.5 Å². The van der Waals surface area contributed by atoms with Gasteiger partial charge in [0.15, 0.2) is 0 Å². The van der Waals surface area contributed by atoms with Crippen LogP contribution < -0.4 is 11.1 Å². The summed E-state index contributed by atoms with van der Waals surface area (Å²) in [7, 11) is 0. The van der Waals surface area contributed by atoms with Crippen LogP contribution in [0.15, 0.2) is 18.2 Å². The van der Waals surface area contributed by atoms with Crippen LogP contribution in [0.3, 0.4) is 0 Å². The molecule has 0 bridgehead atoms. The standard InChI is InChI=1S/C13H18F4N2O/c1-8(4-5-20)19-12(7-18)10-3-2-9(14)6-11(10)13(15,16)17/h2-3,6,8,12,19-20H,4-5,7,18H2,1H3. The Morgan fingerprint density at radius 1 is 1.35 bits per heavy atom. The van der Waals surface area contributed by atoms with Crippen molar-refractivity contribution in [1.29, 1.82) is 0 Å². The minimum absolute atomic E-state index is 0.0650. The Morgan fingerprint density at radius 3 is 2.50 bits per heavy atom. The summed E-state index contributed by atoms with van der Waals surface area (Å²) in [6.45, 7) is 1.58. The molecule has 2 atom stereocenters. The molecule has 20 heavy (non-hydrogen) atoms. The molecular formula is C13H18F4N2O. The molecule has 0 aromatic heterocycles. The molecule has 0 amide bonds. The van der Waals surface area contributed by atoms with Crippen LogP contribution in [0.25, 0.3) is 0 Å². The number of hydrogen-bond acceptors (Lipinski definition) is 3. The van der Waals surface area contributed by atoms with Crippen molar-refractivity contribution in [3.63, 3.8) is 0 Å². The normalized spacial score (nSPS) is 15.2. The molecule has 0 aliphatic rings. The van der Waals surface area contributed by atoms with Gasteiger partial charge in [0.2, 0.25) is 0 Å². The fraction of sp³-hybridized carbons (Fsp3) is 0.538. The van der Waals surface area contributed by atoms with Gasteiger partial charge in [-0.3, -0.25) is 0 Å². The van der Waals surface area contributed by atoms with E-state index in [9.17, 15) is 17.6 Å². The SMILES string of the molecule is CC(CCO)NC(CN)c1ccc(F)cc1C(F)(F)F. The average Bonchev–Trinajstić information content (AvgIpc) is 2.35. The highest BCUT2D eigenvalue weighted by molar-refractivity contribution is 5.33. The summed E-state index contributed by atoms with van der Waals surface area (Å²) < 4.78 is 51.8. The maximum atomic E-state index is 13.0. The first-order valence-electron chi connectivity index (χ1n) is 6.23. The van der Waals surface area contributed by atoms with Crippen molar-refractivity contribution < 1.29 is 22.7 Å². The second kappa shape index (κ2) is 7.01. The fourth-order valence-electron chi connectivity index (χ4n) is 1.98. The molecule has 0 radical (unpaired) electrons. The maximum absolute atomic E-state index is 13.0. The molecule has 0 spiro atoms. The zero-order valence-corrected chi connectivity index (χ0v) is 11.0. The van der Waals surface area contributed by atoms with Crippen molar-refractivity contribution in [2.75, 3.05) is 13.2 Å². The largest absolute Gasteiger partial charge is 0.416 e. The Hall–Kier alpha value is -1.18. The molecule has 3 nitrogen and oxygen atoms in total. The molecule has 1 aromatic carbocycles. The lowest BCUT2D eigenvalue weighted by molar-refractivity contribution is -0.138. The molecule has 0 saturated carbocycles. The first kappa shape index (κ1) is 16.9. The van der Waals surface area contributed by atoms with Crippen LogP contribution in [0.5, 0.6) is 0 Å². The summed E-state index contributed by atoms with van der Waals surface area (Å²) in [4.78, 5) is 0. The van der Waals surface area contributed by atoms with E-state index < -0.39 is 23.6 Å². The van der Waals surface area contributed by atoms with E-state index >= 15 is 0 Å². The molecule has 2 unspecified atom stereocenters. The third kappa shape index (κ3) is 4.43. The van der Waals surface area contributed by atoms with Crippen LogP contribution in [-0.4, -0.2) is 24.3 Å². The third-order valence-electron chi connectivity index (χ3n) is 2.98. The summed E-state index contributed by atoms with van der Waals surface area (Å²) in [5.74, 6) is -0.944. The van der Waals surface area contributed by atoms with Crippen molar-refractivity contribution in [3.8, 4) is 0 Å². The number of nitrogens with two attached hydrogens (primary N) is 1. The van der Waals surface area contributed by atoms with Crippen LogP contribution in [0.1, 0.15) is 30.5 Å². The number of halogens is 4. The Morgan fingerprint density at radius 2 is 2.00 bits per heavy atom. The van der Waals surface area contributed by atoms with Gasteiger partial charge < -0.3 is 16.2 Å². The van der Waals surface area contributed by atoms with Crippen LogP contribution in [0, 0.1) is 5.82 Å². The first-order chi connectivity index (χ1) is 9.29. The van der Waals surface area contributed by atoms with Crippen LogP contribution >= 0.6 is 0 Å². The zero-order chi connectivity index (χ0) is 15.3. The summed E-state index contributed by atoms with van der Waals surface area (Å²) >= 11 is 0. The lowest BCUT2D eigenvalue weighted by atomic mass is 9.98. The summed E-state index contributed by atoms with van der Waals surface area (Å²) in [5.41, 5.74) is 4.39. The quantitative estimate of drug-likeness (QED) is 0.705. The first-order valence-corrected chi connectivity index (χ1v) is 6.23. The fourth-order valence-corrected chi connectivity index (χ4v) is 1.98. The lowest BCUT2D eigenvalue weighted by Gasteiger charge is -2.25. The Labute approximate surface area is 114 Å². The van der Waals surface area contributed by atoms with Gasteiger partial charge in [0.05, 0.1) is 5.56 Å².